The maximum absolute atomic E-state index is 12.5. The second-order valence-corrected chi connectivity index (χ2v) is 6.50. The number of esters is 2. The first-order valence-electron chi connectivity index (χ1n) is 9.17. The quantitative estimate of drug-likeness (QED) is 0.399. The van der Waals surface area contributed by atoms with Crippen molar-refractivity contribution in [2.45, 2.75) is 78.4 Å². The number of carbonyl (C=O) groups excluding carboxylic acids is 2. The van der Waals surface area contributed by atoms with E-state index in [4.69, 9.17) is 15.2 Å². The summed E-state index contributed by atoms with van der Waals surface area (Å²) in [5.74, 6) is -1.20. The van der Waals surface area contributed by atoms with Crippen LogP contribution in [0.5, 0.6) is 0 Å². The Balaban J connectivity index is 2.62. The molecule has 0 aromatic rings. The van der Waals surface area contributed by atoms with E-state index < -0.39 is 12.1 Å². The molecule has 3 atom stereocenters. The molecule has 1 fully saturated rings. The first kappa shape index (κ1) is 19.9. The minimum absolute atomic E-state index is 0.164. The van der Waals surface area contributed by atoms with Gasteiger partial charge in [0.15, 0.2) is 6.23 Å². The average Bonchev–Trinajstić information content (AvgIpc) is 2.56. The van der Waals surface area contributed by atoms with Gasteiger partial charge in [-0.2, -0.15) is 0 Å². The Labute approximate surface area is 140 Å². The number of carbonyl (C=O) groups is 2. The summed E-state index contributed by atoms with van der Waals surface area (Å²) in [6.45, 7) is 6.56. The number of unbranched alkanes of at least 4 members (excludes halogenated alkanes) is 1. The molecule has 0 spiro atoms. The summed E-state index contributed by atoms with van der Waals surface area (Å²) in [6, 6.07) is 0. The summed E-state index contributed by atoms with van der Waals surface area (Å²) >= 11 is 0. The van der Waals surface area contributed by atoms with E-state index in [0.29, 0.717) is 19.4 Å². The Morgan fingerprint density at radius 3 is 2.13 bits per heavy atom. The highest BCUT2D eigenvalue weighted by Crippen LogP contribution is 2.32. The van der Waals surface area contributed by atoms with Crippen molar-refractivity contribution in [3.8, 4) is 0 Å². The van der Waals surface area contributed by atoms with E-state index in [2.05, 4.69) is 0 Å². The first-order chi connectivity index (χ1) is 11.0. The first-order valence-corrected chi connectivity index (χ1v) is 9.17. The van der Waals surface area contributed by atoms with Crippen LogP contribution in [-0.2, 0) is 19.1 Å². The molecule has 0 saturated heterocycles. The van der Waals surface area contributed by atoms with Crippen molar-refractivity contribution in [1.82, 2.24) is 0 Å². The molecule has 0 radical (unpaired) electrons. The van der Waals surface area contributed by atoms with Gasteiger partial charge in [0, 0.05) is 5.92 Å². The van der Waals surface area contributed by atoms with E-state index in [1.54, 1.807) is 0 Å². The Hall–Kier alpha value is -1.10. The Kier molecular flexibility index (Phi) is 9.22. The summed E-state index contributed by atoms with van der Waals surface area (Å²) in [4.78, 5) is 24.7. The molecule has 0 amide bonds. The van der Waals surface area contributed by atoms with E-state index in [9.17, 15) is 9.59 Å². The molecule has 3 unspecified atom stereocenters. The van der Waals surface area contributed by atoms with Crippen molar-refractivity contribution >= 4 is 11.9 Å². The molecule has 134 valence electrons. The Morgan fingerprint density at radius 1 is 1.04 bits per heavy atom. The number of rotatable bonds is 9. The van der Waals surface area contributed by atoms with Crippen LogP contribution in [0.3, 0.4) is 0 Å². The van der Waals surface area contributed by atoms with Crippen molar-refractivity contribution in [3.63, 3.8) is 0 Å². The zero-order valence-electron chi connectivity index (χ0n) is 14.9. The van der Waals surface area contributed by atoms with Gasteiger partial charge in [-0.1, -0.05) is 40.0 Å². The van der Waals surface area contributed by atoms with Crippen LogP contribution in [-0.4, -0.2) is 24.8 Å². The second kappa shape index (κ2) is 10.6. The van der Waals surface area contributed by atoms with Crippen LogP contribution in [0.25, 0.3) is 0 Å². The summed E-state index contributed by atoms with van der Waals surface area (Å²) in [5, 5.41) is 0. The fourth-order valence-electron chi connectivity index (χ4n) is 3.19. The second-order valence-electron chi connectivity index (χ2n) is 6.50. The van der Waals surface area contributed by atoms with Gasteiger partial charge in [0.1, 0.15) is 0 Å². The maximum Gasteiger partial charge on any atom is 0.311 e. The number of ether oxygens (including phenoxy) is 2. The van der Waals surface area contributed by atoms with Gasteiger partial charge < -0.3 is 9.47 Å². The Bertz CT molecular complexity index is 368. The lowest BCUT2D eigenvalue weighted by Gasteiger charge is -2.30. The number of nitrogens with two attached hydrogens (primary N) is 1. The molecule has 0 aliphatic heterocycles. The lowest BCUT2D eigenvalue weighted by atomic mass is 9.79. The molecule has 1 saturated carbocycles. The molecule has 5 nitrogen and oxygen atoms in total. The predicted octanol–water partition coefficient (Wildman–Crippen LogP) is 3.40. The van der Waals surface area contributed by atoms with E-state index in [-0.39, 0.29) is 23.8 Å². The molecule has 0 heterocycles. The van der Waals surface area contributed by atoms with Crippen molar-refractivity contribution in [3.05, 3.63) is 0 Å². The van der Waals surface area contributed by atoms with Crippen LogP contribution in [0.1, 0.15) is 72.1 Å². The highest BCUT2D eigenvalue weighted by atomic mass is 16.6. The van der Waals surface area contributed by atoms with Gasteiger partial charge >= 0.3 is 11.9 Å². The van der Waals surface area contributed by atoms with Crippen LogP contribution in [0.2, 0.25) is 0 Å². The van der Waals surface area contributed by atoms with Gasteiger partial charge in [0.05, 0.1) is 18.4 Å². The minimum Gasteiger partial charge on any atom is -0.465 e. The molecular weight excluding hydrogens is 294 g/mol. The van der Waals surface area contributed by atoms with Crippen LogP contribution in [0.15, 0.2) is 0 Å². The summed E-state index contributed by atoms with van der Waals surface area (Å²) in [5.41, 5.74) is 6.01. The molecule has 1 aliphatic carbocycles. The number of hydrogen-bond acceptors (Lipinski definition) is 5. The molecule has 0 aromatic heterocycles. The van der Waals surface area contributed by atoms with Crippen LogP contribution >= 0.6 is 0 Å². The monoisotopic (exact) mass is 327 g/mol. The highest BCUT2D eigenvalue weighted by molar-refractivity contribution is 5.82. The van der Waals surface area contributed by atoms with Crippen LogP contribution < -0.4 is 5.73 Å². The molecule has 23 heavy (non-hydrogen) atoms. The minimum atomic E-state index is -0.587. The van der Waals surface area contributed by atoms with Gasteiger partial charge in [-0.15, -0.1) is 0 Å². The van der Waals surface area contributed by atoms with E-state index in [1.807, 2.05) is 20.8 Å². The fraction of sp³-hybridized carbons (Fsp3) is 0.889. The third-order valence-electron chi connectivity index (χ3n) is 4.88. The van der Waals surface area contributed by atoms with Crippen molar-refractivity contribution in [2.24, 2.45) is 23.5 Å². The molecule has 0 bridgehead atoms. The van der Waals surface area contributed by atoms with Crippen molar-refractivity contribution in [2.75, 3.05) is 6.61 Å². The lowest BCUT2D eigenvalue weighted by molar-refractivity contribution is -0.168. The summed E-state index contributed by atoms with van der Waals surface area (Å²) in [6.07, 6.45) is 6.27. The molecule has 2 N–H and O–H groups in total. The van der Waals surface area contributed by atoms with Gasteiger partial charge in [-0.3, -0.25) is 15.3 Å². The molecule has 5 heteroatoms. The lowest BCUT2D eigenvalue weighted by Crippen LogP contribution is -2.41. The third-order valence-corrected chi connectivity index (χ3v) is 4.88. The van der Waals surface area contributed by atoms with Gasteiger partial charge in [-0.05, 0) is 32.1 Å². The standard InChI is InChI=1S/C18H33NO4/c1-4-7-12-22-17(20)14-10-8-9-11-15(14)18(21)23-16(19)13(5-2)6-3/h13-16H,4-12,19H2,1-3H3. The molecule has 1 aliphatic rings. The summed E-state index contributed by atoms with van der Waals surface area (Å²) in [7, 11) is 0. The third kappa shape index (κ3) is 6.13. The van der Waals surface area contributed by atoms with Crippen molar-refractivity contribution in [1.29, 1.82) is 0 Å². The highest BCUT2D eigenvalue weighted by Gasteiger charge is 2.38. The number of hydrogen-bond donors (Lipinski definition) is 1. The van der Waals surface area contributed by atoms with Crippen LogP contribution in [0, 0.1) is 17.8 Å². The normalized spacial score (nSPS) is 22.7. The van der Waals surface area contributed by atoms with E-state index in [0.717, 1.165) is 38.5 Å². The topological polar surface area (TPSA) is 78.6 Å². The van der Waals surface area contributed by atoms with E-state index >= 15 is 0 Å². The molecular formula is C18H33NO4. The fourth-order valence-corrected chi connectivity index (χ4v) is 3.19. The zero-order chi connectivity index (χ0) is 17.2. The van der Waals surface area contributed by atoms with Crippen LogP contribution in [0.4, 0.5) is 0 Å². The molecule has 0 aromatic carbocycles. The predicted molar refractivity (Wildman–Crippen MR) is 89.5 cm³/mol. The SMILES string of the molecule is CCCCOC(=O)C1CCCCC1C(=O)OC(N)C(CC)CC. The maximum atomic E-state index is 12.5. The average molecular weight is 327 g/mol. The van der Waals surface area contributed by atoms with Crippen molar-refractivity contribution < 1.29 is 19.1 Å². The van der Waals surface area contributed by atoms with Gasteiger partial charge in [0.2, 0.25) is 0 Å². The smallest absolute Gasteiger partial charge is 0.311 e. The largest absolute Gasteiger partial charge is 0.465 e. The molecule has 1 rings (SSSR count). The van der Waals surface area contributed by atoms with Gasteiger partial charge in [0.25, 0.3) is 0 Å². The Morgan fingerprint density at radius 2 is 1.61 bits per heavy atom. The zero-order valence-corrected chi connectivity index (χ0v) is 14.9. The summed E-state index contributed by atoms with van der Waals surface area (Å²) < 4.78 is 10.8. The van der Waals surface area contributed by atoms with Gasteiger partial charge in [-0.25, -0.2) is 0 Å². The van der Waals surface area contributed by atoms with E-state index in [1.165, 1.54) is 0 Å².